The van der Waals surface area contributed by atoms with Crippen LogP contribution in [0.15, 0.2) is 48.5 Å². The summed E-state index contributed by atoms with van der Waals surface area (Å²) in [6.45, 7) is 1.08. The molecule has 2 rings (SSSR count). The number of carbonyl (C=O) groups excluding carboxylic acids is 1. The zero-order chi connectivity index (χ0) is 22.5. The molecule has 5 nitrogen and oxygen atoms in total. The van der Waals surface area contributed by atoms with Gasteiger partial charge in [0, 0.05) is 6.04 Å². The lowest BCUT2D eigenvalue weighted by Gasteiger charge is -2.25. The van der Waals surface area contributed by atoms with E-state index in [1.807, 2.05) is 30.3 Å². The minimum Gasteiger partial charge on any atom is -0.352 e. The van der Waals surface area contributed by atoms with Gasteiger partial charge in [0.2, 0.25) is 15.9 Å². The molecule has 1 amide bonds. The second-order valence-corrected chi connectivity index (χ2v) is 9.24. The molecule has 0 heterocycles. The first-order chi connectivity index (χ1) is 13.9. The van der Waals surface area contributed by atoms with Crippen LogP contribution >= 0.6 is 11.6 Å². The number of rotatable bonds is 8. The molecule has 1 N–H and O–H groups in total. The van der Waals surface area contributed by atoms with Crippen LogP contribution in [-0.2, 0) is 27.4 Å². The van der Waals surface area contributed by atoms with Crippen LogP contribution < -0.4 is 9.62 Å². The molecule has 0 aliphatic carbocycles. The molecule has 10 heteroatoms. The number of nitrogens with zero attached hydrogens (tertiary/aromatic N) is 1. The molecule has 0 aliphatic rings. The van der Waals surface area contributed by atoms with E-state index < -0.39 is 39.9 Å². The second kappa shape index (κ2) is 9.70. The van der Waals surface area contributed by atoms with Gasteiger partial charge in [0.25, 0.3) is 0 Å². The lowest BCUT2D eigenvalue weighted by Crippen LogP contribution is -2.43. The summed E-state index contributed by atoms with van der Waals surface area (Å²) in [5.41, 5.74) is -0.375. The Bertz CT molecular complexity index is 983. The van der Waals surface area contributed by atoms with E-state index in [1.54, 1.807) is 6.92 Å². The lowest BCUT2D eigenvalue weighted by atomic mass is 10.1. The van der Waals surface area contributed by atoms with Gasteiger partial charge in [0.1, 0.15) is 6.54 Å². The first-order valence-corrected chi connectivity index (χ1v) is 11.3. The van der Waals surface area contributed by atoms with Crippen molar-refractivity contribution < 1.29 is 26.4 Å². The van der Waals surface area contributed by atoms with Gasteiger partial charge >= 0.3 is 6.18 Å². The Balaban J connectivity index is 2.13. The van der Waals surface area contributed by atoms with Crippen LogP contribution in [0.3, 0.4) is 0 Å². The number of benzene rings is 2. The largest absolute Gasteiger partial charge is 0.416 e. The third-order valence-electron chi connectivity index (χ3n) is 4.35. The molecule has 0 fully saturated rings. The van der Waals surface area contributed by atoms with Crippen molar-refractivity contribution >= 4 is 33.2 Å². The topological polar surface area (TPSA) is 66.5 Å². The zero-order valence-electron chi connectivity index (χ0n) is 16.4. The van der Waals surface area contributed by atoms with Crippen molar-refractivity contribution in [2.75, 3.05) is 17.1 Å². The van der Waals surface area contributed by atoms with Crippen LogP contribution in [0.5, 0.6) is 0 Å². The number of hydrogen-bond acceptors (Lipinski definition) is 3. The molecular formula is C20H22ClF3N2O3S. The fourth-order valence-electron chi connectivity index (χ4n) is 2.81. The second-order valence-electron chi connectivity index (χ2n) is 6.93. The SMILES string of the molecule is C[C@@H](CCc1ccccc1)NC(=O)CN(c1cc(C(F)(F)F)ccc1Cl)S(C)(=O)=O. The number of anilines is 1. The Morgan fingerprint density at radius 1 is 1.17 bits per heavy atom. The van der Waals surface area contributed by atoms with Crippen molar-refractivity contribution in [1.29, 1.82) is 0 Å². The van der Waals surface area contributed by atoms with E-state index in [2.05, 4.69) is 5.32 Å². The van der Waals surface area contributed by atoms with Gasteiger partial charge in [-0.1, -0.05) is 41.9 Å². The Hall–Kier alpha value is -2.26. The molecule has 0 aliphatic heterocycles. The summed E-state index contributed by atoms with van der Waals surface area (Å²) in [7, 11) is -4.07. The quantitative estimate of drug-likeness (QED) is 0.637. The number of aryl methyl sites for hydroxylation is 1. The van der Waals surface area contributed by atoms with Crippen LogP contribution in [0.25, 0.3) is 0 Å². The summed E-state index contributed by atoms with van der Waals surface area (Å²) >= 11 is 5.95. The average Bonchev–Trinajstić information content (AvgIpc) is 2.64. The van der Waals surface area contributed by atoms with E-state index in [9.17, 15) is 26.4 Å². The number of hydrogen-bond donors (Lipinski definition) is 1. The molecule has 0 radical (unpaired) electrons. The molecule has 0 unspecified atom stereocenters. The van der Waals surface area contributed by atoms with Gasteiger partial charge in [0.05, 0.1) is 22.5 Å². The summed E-state index contributed by atoms with van der Waals surface area (Å²) in [5.74, 6) is -0.644. The number of alkyl halides is 3. The first-order valence-electron chi connectivity index (χ1n) is 9.05. The van der Waals surface area contributed by atoms with Crippen LogP contribution in [0.4, 0.5) is 18.9 Å². The highest BCUT2D eigenvalue weighted by Gasteiger charge is 2.33. The third-order valence-corrected chi connectivity index (χ3v) is 5.79. The standard InChI is InChI=1S/C20H22ClF3N2O3S/c1-14(8-9-15-6-4-3-5-7-15)25-19(27)13-26(30(2,28)29)18-12-16(20(22,23)24)10-11-17(18)21/h3-7,10-12,14H,8-9,13H2,1-2H3,(H,25,27)/t14-/m0/s1. The third kappa shape index (κ3) is 6.91. The lowest BCUT2D eigenvalue weighted by molar-refractivity contribution is -0.137. The highest BCUT2D eigenvalue weighted by molar-refractivity contribution is 7.92. The number of amides is 1. The maximum absolute atomic E-state index is 13.0. The predicted octanol–water partition coefficient (Wildman–Crippen LogP) is 4.26. The van der Waals surface area contributed by atoms with Gasteiger partial charge in [-0.2, -0.15) is 13.2 Å². The van der Waals surface area contributed by atoms with Crippen molar-refractivity contribution in [3.05, 3.63) is 64.7 Å². The number of carbonyl (C=O) groups is 1. The Morgan fingerprint density at radius 2 is 1.80 bits per heavy atom. The summed E-state index contributed by atoms with van der Waals surface area (Å²) < 4.78 is 64.0. The fraction of sp³-hybridized carbons (Fsp3) is 0.350. The summed E-state index contributed by atoms with van der Waals surface area (Å²) in [4.78, 5) is 12.4. The monoisotopic (exact) mass is 462 g/mol. The molecule has 1 atom stereocenters. The highest BCUT2D eigenvalue weighted by Crippen LogP contribution is 2.36. The van der Waals surface area contributed by atoms with Crippen LogP contribution in [0.1, 0.15) is 24.5 Å². The average molecular weight is 463 g/mol. The van der Waals surface area contributed by atoms with Crippen LogP contribution in [-0.4, -0.2) is 33.2 Å². The highest BCUT2D eigenvalue weighted by atomic mass is 35.5. The fourth-order valence-corrected chi connectivity index (χ4v) is 3.94. The molecule has 0 spiro atoms. The minimum absolute atomic E-state index is 0.210. The minimum atomic E-state index is -4.68. The summed E-state index contributed by atoms with van der Waals surface area (Å²) in [6.07, 6.45) is -2.57. The molecule has 2 aromatic rings. The molecule has 0 bridgehead atoms. The van der Waals surface area contributed by atoms with Crippen molar-refractivity contribution in [3.63, 3.8) is 0 Å². The molecular weight excluding hydrogens is 441 g/mol. The van der Waals surface area contributed by atoms with Gasteiger partial charge < -0.3 is 5.32 Å². The summed E-state index contributed by atoms with van der Waals surface area (Å²) in [5, 5.41) is 2.47. The van der Waals surface area contributed by atoms with Crippen molar-refractivity contribution in [2.24, 2.45) is 0 Å². The van der Waals surface area contributed by atoms with Gasteiger partial charge in [-0.15, -0.1) is 0 Å². The van der Waals surface area contributed by atoms with Gasteiger partial charge in [0.15, 0.2) is 0 Å². The van der Waals surface area contributed by atoms with Crippen molar-refractivity contribution in [1.82, 2.24) is 5.32 Å². The summed E-state index contributed by atoms with van der Waals surface area (Å²) in [6, 6.07) is 11.7. The Morgan fingerprint density at radius 3 is 2.37 bits per heavy atom. The Labute approximate surface area is 178 Å². The molecule has 0 saturated carbocycles. The van der Waals surface area contributed by atoms with Gasteiger partial charge in [-0.3, -0.25) is 9.10 Å². The van der Waals surface area contributed by atoms with Crippen LogP contribution in [0, 0.1) is 0 Å². The van der Waals surface area contributed by atoms with E-state index in [0.717, 1.165) is 24.0 Å². The molecule has 164 valence electrons. The predicted molar refractivity (Wildman–Crippen MR) is 111 cm³/mol. The van der Waals surface area contributed by atoms with Crippen molar-refractivity contribution in [3.8, 4) is 0 Å². The van der Waals surface area contributed by atoms with E-state index in [-0.39, 0.29) is 11.1 Å². The normalized spacial score (nSPS) is 13.0. The number of halogens is 4. The molecule has 2 aromatic carbocycles. The maximum atomic E-state index is 13.0. The smallest absolute Gasteiger partial charge is 0.352 e. The van der Waals surface area contributed by atoms with Gasteiger partial charge in [-0.25, -0.2) is 8.42 Å². The molecule has 30 heavy (non-hydrogen) atoms. The first kappa shape index (κ1) is 24.0. The van der Waals surface area contributed by atoms with E-state index in [0.29, 0.717) is 23.2 Å². The molecule has 0 aromatic heterocycles. The van der Waals surface area contributed by atoms with E-state index in [4.69, 9.17) is 11.6 Å². The zero-order valence-corrected chi connectivity index (χ0v) is 18.0. The molecule has 0 saturated heterocycles. The van der Waals surface area contributed by atoms with Gasteiger partial charge in [-0.05, 0) is 43.5 Å². The van der Waals surface area contributed by atoms with E-state index >= 15 is 0 Å². The van der Waals surface area contributed by atoms with Crippen molar-refractivity contribution in [2.45, 2.75) is 32.0 Å². The van der Waals surface area contributed by atoms with E-state index in [1.165, 1.54) is 0 Å². The maximum Gasteiger partial charge on any atom is 0.416 e. The van der Waals surface area contributed by atoms with Crippen LogP contribution in [0.2, 0.25) is 5.02 Å². The number of nitrogens with one attached hydrogen (secondary N) is 1. The number of sulfonamides is 1. The Kier molecular flexibility index (Phi) is 7.76.